The number of hydrogen-bond acceptors (Lipinski definition) is 5. The van der Waals surface area contributed by atoms with Gasteiger partial charge in [-0.2, -0.15) is 5.10 Å². The summed E-state index contributed by atoms with van der Waals surface area (Å²) in [6, 6.07) is 9.63. The second kappa shape index (κ2) is 6.32. The van der Waals surface area contributed by atoms with E-state index in [1.54, 1.807) is 10.8 Å². The SMILES string of the molecule is CSC1=N/C(=C\c2c(C)nn(-c3ccccc3)c2Cl)C(=O)S1. The fourth-order valence-electron chi connectivity index (χ4n) is 2.03. The Kier molecular flexibility index (Phi) is 4.42. The fraction of sp³-hybridized carbons (Fsp3) is 0.133. The van der Waals surface area contributed by atoms with Crippen molar-refractivity contribution in [2.45, 2.75) is 6.92 Å². The maximum absolute atomic E-state index is 11.9. The third kappa shape index (κ3) is 2.86. The maximum Gasteiger partial charge on any atom is 0.244 e. The van der Waals surface area contributed by atoms with Crippen LogP contribution in [0.4, 0.5) is 0 Å². The average Bonchev–Trinajstić information content (AvgIpc) is 3.03. The monoisotopic (exact) mass is 349 g/mol. The minimum atomic E-state index is -0.0627. The summed E-state index contributed by atoms with van der Waals surface area (Å²) in [7, 11) is 0. The molecule has 4 nitrogen and oxygen atoms in total. The quantitative estimate of drug-likeness (QED) is 0.763. The molecule has 1 aliphatic heterocycles. The lowest BCUT2D eigenvalue weighted by atomic mass is 10.2. The number of benzene rings is 1. The van der Waals surface area contributed by atoms with Crippen molar-refractivity contribution in [1.29, 1.82) is 0 Å². The summed E-state index contributed by atoms with van der Waals surface area (Å²) in [5.41, 5.74) is 2.76. The van der Waals surface area contributed by atoms with Gasteiger partial charge in [-0.1, -0.05) is 29.8 Å². The van der Waals surface area contributed by atoms with Gasteiger partial charge in [0.05, 0.1) is 11.4 Å². The number of rotatable bonds is 2. The zero-order valence-corrected chi connectivity index (χ0v) is 14.3. The maximum atomic E-state index is 11.9. The molecule has 0 saturated carbocycles. The Hall–Kier alpha value is -1.50. The zero-order valence-electron chi connectivity index (χ0n) is 11.9. The second-order valence-corrected chi connectivity index (χ2v) is 6.91. The number of aryl methyl sites for hydroxylation is 1. The van der Waals surface area contributed by atoms with Crippen LogP contribution in [0, 0.1) is 6.92 Å². The van der Waals surface area contributed by atoms with E-state index in [1.807, 2.05) is 43.5 Å². The van der Waals surface area contributed by atoms with Gasteiger partial charge in [-0.25, -0.2) is 9.67 Å². The van der Waals surface area contributed by atoms with E-state index in [0.29, 0.717) is 10.9 Å². The first-order valence-electron chi connectivity index (χ1n) is 6.47. The van der Waals surface area contributed by atoms with Crippen molar-refractivity contribution < 1.29 is 4.79 Å². The molecule has 1 aromatic heterocycles. The second-order valence-electron chi connectivity index (χ2n) is 4.54. The van der Waals surface area contributed by atoms with Crippen LogP contribution in [-0.2, 0) is 4.79 Å². The van der Waals surface area contributed by atoms with Crippen LogP contribution >= 0.6 is 35.1 Å². The molecule has 22 heavy (non-hydrogen) atoms. The topological polar surface area (TPSA) is 47.2 Å². The molecule has 0 saturated heterocycles. The number of para-hydroxylation sites is 1. The molecular formula is C15H12ClN3OS2. The van der Waals surface area contributed by atoms with Crippen LogP contribution in [-0.4, -0.2) is 25.5 Å². The summed E-state index contributed by atoms with van der Waals surface area (Å²) in [6.07, 6.45) is 3.61. The lowest BCUT2D eigenvalue weighted by molar-refractivity contribution is -0.107. The van der Waals surface area contributed by atoms with Crippen molar-refractivity contribution in [2.75, 3.05) is 6.26 Å². The first kappa shape index (κ1) is 15.4. The molecule has 0 atom stereocenters. The largest absolute Gasteiger partial charge is 0.279 e. The molecule has 3 rings (SSSR count). The molecule has 0 bridgehead atoms. The first-order chi connectivity index (χ1) is 10.6. The Balaban J connectivity index is 2.05. The van der Waals surface area contributed by atoms with Gasteiger partial charge in [0.1, 0.15) is 15.2 Å². The molecule has 1 aromatic carbocycles. The molecular weight excluding hydrogens is 338 g/mol. The average molecular weight is 350 g/mol. The van der Waals surface area contributed by atoms with Crippen LogP contribution in [0.1, 0.15) is 11.3 Å². The Morgan fingerprint density at radius 2 is 2.05 bits per heavy atom. The van der Waals surface area contributed by atoms with Gasteiger partial charge >= 0.3 is 0 Å². The lowest BCUT2D eigenvalue weighted by Crippen LogP contribution is -1.95. The number of thioether (sulfide) groups is 2. The summed E-state index contributed by atoms with van der Waals surface area (Å²) in [5, 5.41) is 4.87. The van der Waals surface area contributed by atoms with E-state index in [1.165, 1.54) is 11.8 Å². The fourth-order valence-corrected chi connectivity index (χ4v) is 3.62. The molecule has 112 valence electrons. The Labute approximate surface area is 141 Å². The van der Waals surface area contributed by atoms with Crippen LogP contribution in [0.2, 0.25) is 5.15 Å². The van der Waals surface area contributed by atoms with E-state index in [2.05, 4.69) is 10.1 Å². The van der Waals surface area contributed by atoms with E-state index in [-0.39, 0.29) is 5.12 Å². The molecule has 0 amide bonds. The highest BCUT2D eigenvalue weighted by Gasteiger charge is 2.23. The van der Waals surface area contributed by atoms with E-state index in [0.717, 1.165) is 33.1 Å². The minimum Gasteiger partial charge on any atom is -0.279 e. The molecule has 0 aliphatic carbocycles. The number of hydrogen-bond donors (Lipinski definition) is 0. The van der Waals surface area contributed by atoms with Gasteiger partial charge < -0.3 is 0 Å². The number of carbonyl (C=O) groups excluding carboxylic acids is 1. The molecule has 2 heterocycles. The molecule has 0 fully saturated rings. The number of nitrogens with zero attached hydrogens (tertiary/aromatic N) is 3. The summed E-state index contributed by atoms with van der Waals surface area (Å²) >= 11 is 9.05. The van der Waals surface area contributed by atoms with E-state index < -0.39 is 0 Å². The molecule has 0 N–H and O–H groups in total. The number of halogens is 1. The van der Waals surface area contributed by atoms with Gasteiger partial charge in [0, 0.05) is 5.56 Å². The van der Waals surface area contributed by atoms with E-state index >= 15 is 0 Å². The standard InChI is InChI=1S/C15H12ClN3OS2/c1-9-11(8-12-14(20)22-15(17-12)21-2)13(16)19(18-9)10-6-4-3-5-7-10/h3-8H,1-2H3/b12-8-. The van der Waals surface area contributed by atoms with Crippen molar-refractivity contribution in [1.82, 2.24) is 9.78 Å². The van der Waals surface area contributed by atoms with Crippen LogP contribution < -0.4 is 0 Å². The normalized spacial score (nSPS) is 16.4. The third-order valence-corrected chi connectivity index (χ3v) is 5.32. The van der Waals surface area contributed by atoms with Gasteiger partial charge in [-0.05, 0) is 43.2 Å². The number of carbonyl (C=O) groups is 1. The number of aliphatic imine (C=N–C) groups is 1. The number of aromatic nitrogens is 2. The van der Waals surface area contributed by atoms with Gasteiger partial charge in [-0.15, -0.1) is 11.8 Å². The summed E-state index contributed by atoms with van der Waals surface area (Å²) < 4.78 is 2.41. The van der Waals surface area contributed by atoms with Crippen molar-refractivity contribution >= 4 is 50.7 Å². The summed E-state index contributed by atoms with van der Waals surface area (Å²) in [4.78, 5) is 16.2. The predicted octanol–water partition coefficient (Wildman–Crippen LogP) is 4.17. The van der Waals surface area contributed by atoms with Gasteiger partial charge in [0.25, 0.3) is 0 Å². The van der Waals surface area contributed by atoms with E-state index in [4.69, 9.17) is 11.6 Å². The first-order valence-corrected chi connectivity index (χ1v) is 8.89. The van der Waals surface area contributed by atoms with E-state index in [9.17, 15) is 4.79 Å². The van der Waals surface area contributed by atoms with Crippen LogP contribution in [0.15, 0.2) is 41.0 Å². The summed E-state index contributed by atoms with van der Waals surface area (Å²) in [6.45, 7) is 1.86. The van der Waals surface area contributed by atoms with Gasteiger partial charge in [-0.3, -0.25) is 4.79 Å². The smallest absolute Gasteiger partial charge is 0.244 e. The highest BCUT2D eigenvalue weighted by molar-refractivity contribution is 8.45. The lowest BCUT2D eigenvalue weighted by Gasteiger charge is -2.02. The van der Waals surface area contributed by atoms with Crippen LogP contribution in [0.5, 0.6) is 0 Å². The molecule has 0 radical (unpaired) electrons. The molecule has 1 aliphatic rings. The van der Waals surface area contributed by atoms with Crippen LogP contribution in [0.25, 0.3) is 11.8 Å². The van der Waals surface area contributed by atoms with Crippen molar-refractivity contribution in [3.63, 3.8) is 0 Å². The highest BCUT2D eigenvalue weighted by atomic mass is 35.5. The van der Waals surface area contributed by atoms with Crippen molar-refractivity contribution in [3.05, 3.63) is 52.4 Å². The Morgan fingerprint density at radius 1 is 1.32 bits per heavy atom. The highest BCUT2D eigenvalue weighted by Crippen LogP contribution is 2.32. The molecule has 7 heteroatoms. The summed E-state index contributed by atoms with van der Waals surface area (Å²) in [5.74, 6) is 0. The zero-order chi connectivity index (χ0) is 15.7. The van der Waals surface area contributed by atoms with Crippen LogP contribution in [0.3, 0.4) is 0 Å². The Morgan fingerprint density at radius 3 is 2.68 bits per heavy atom. The molecule has 2 aromatic rings. The third-order valence-electron chi connectivity index (χ3n) is 3.11. The Bertz CT molecular complexity index is 797. The molecule has 0 unspecified atom stereocenters. The van der Waals surface area contributed by atoms with Crippen molar-refractivity contribution in [2.24, 2.45) is 4.99 Å². The van der Waals surface area contributed by atoms with Crippen molar-refractivity contribution in [3.8, 4) is 5.69 Å². The molecule has 0 spiro atoms. The van der Waals surface area contributed by atoms with Gasteiger partial charge in [0.2, 0.25) is 5.12 Å². The minimum absolute atomic E-state index is 0.0627. The van der Waals surface area contributed by atoms with Gasteiger partial charge in [0.15, 0.2) is 0 Å². The predicted molar refractivity (Wildman–Crippen MR) is 94.8 cm³/mol.